The van der Waals surface area contributed by atoms with E-state index in [1.54, 1.807) is 6.20 Å². The van der Waals surface area contributed by atoms with Crippen LogP contribution in [0.4, 0.5) is 0 Å². The van der Waals surface area contributed by atoms with Gasteiger partial charge in [-0.3, -0.25) is 4.98 Å². The van der Waals surface area contributed by atoms with Crippen LogP contribution in [0.3, 0.4) is 0 Å². The van der Waals surface area contributed by atoms with Crippen molar-refractivity contribution in [1.29, 1.82) is 0 Å². The molecule has 1 aromatic rings. The number of pyridine rings is 1. The molecule has 3 unspecified atom stereocenters. The van der Waals surface area contributed by atoms with Gasteiger partial charge in [-0.15, -0.1) is 0 Å². The van der Waals surface area contributed by atoms with Gasteiger partial charge in [0.1, 0.15) is 5.75 Å². The molecule has 0 spiro atoms. The van der Waals surface area contributed by atoms with Crippen LogP contribution in [0, 0.1) is 11.8 Å². The van der Waals surface area contributed by atoms with E-state index in [-0.39, 0.29) is 6.04 Å². The Bertz CT molecular complexity index is 408. The Morgan fingerprint density at radius 2 is 2.20 bits per heavy atom. The van der Waals surface area contributed by atoms with Crippen molar-refractivity contribution in [3.63, 3.8) is 0 Å². The summed E-state index contributed by atoms with van der Waals surface area (Å²) in [6.07, 6.45) is 11.2. The van der Waals surface area contributed by atoms with Gasteiger partial charge in [-0.1, -0.05) is 33.1 Å². The Kier molecular flexibility index (Phi) is 5.84. The number of hydrogen-bond donors (Lipinski definition) is 1. The molecule has 3 heteroatoms. The largest absolute Gasteiger partial charge is 0.492 e. The van der Waals surface area contributed by atoms with Crippen molar-refractivity contribution in [3.8, 4) is 5.75 Å². The van der Waals surface area contributed by atoms with Gasteiger partial charge in [0, 0.05) is 12.2 Å². The predicted molar refractivity (Wildman–Crippen MR) is 82.7 cm³/mol. The molecule has 0 aromatic carbocycles. The van der Waals surface area contributed by atoms with Crippen LogP contribution in [0.25, 0.3) is 0 Å². The highest BCUT2D eigenvalue weighted by molar-refractivity contribution is 5.26. The molecule has 2 N–H and O–H groups in total. The van der Waals surface area contributed by atoms with Gasteiger partial charge in [0.15, 0.2) is 0 Å². The summed E-state index contributed by atoms with van der Waals surface area (Å²) in [6, 6.07) is 2.17. The van der Waals surface area contributed by atoms with Crippen LogP contribution in [-0.4, -0.2) is 11.6 Å². The first-order valence-electron chi connectivity index (χ1n) is 8.07. The third-order valence-electron chi connectivity index (χ3n) is 4.50. The second-order valence-electron chi connectivity index (χ2n) is 6.03. The number of nitrogens with zero attached hydrogens (tertiary/aromatic N) is 1. The van der Waals surface area contributed by atoms with Gasteiger partial charge in [0.2, 0.25) is 0 Å². The van der Waals surface area contributed by atoms with Crippen LogP contribution >= 0.6 is 0 Å². The first-order chi connectivity index (χ1) is 9.74. The zero-order valence-corrected chi connectivity index (χ0v) is 12.8. The summed E-state index contributed by atoms with van der Waals surface area (Å²) in [5.74, 6) is 2.30. The van der Waals surface area contributed by atoms with Crippen molar-refractivity contribution in [2.45, 2.75) is 58.4 Å². The van der Waals surface area contributed by atoms with Gasteiger partial charge < -0.3 is 10.5 Å². The first kappa shape index (κ1) is 15.3. The summed E-state index contributed by atoms with van der Waals surface area (Å²) in [5.41, 5.74) is 7.61. The molecular formula is C17H28N2O. The Morgan fingerprint density at radius 3 is 2.95 bits per heavy atom. The summed E-state index contributed by atoms with van der Waals surface area (Å²) in [7, 11) is 0. The van der Waals surface area contributed by atoms with Crippen molar-refractivity contribution in [3.05, 3.63) is 24.0 Å². The van der Waals surface area contributed by atoms with E-state index in [9.17, 15) is 0 Å². The van der Waals surface area contributed by atoms with E-state index in [0.717, 1.165) is 30.3 Å². The molecule has 0 aliphatic heterocycles. The first-order valence-corrected chi connectivity index (χ1v) is 8.07. The van der Waals surface area contributed by atoms with E-state index in [0.29, 0.717) is 5.92 Å². The quantitative estimate of drug-likeness (QED) is 0.851. The highest BCUT2D eigenvalue weighted by Crippen LogP contribution is 2.37. The van der Waals surface area contributed by atoms with Gasteiger partial charge in [-0.2, -0.15) is 0 Å². The second-order valence-corrected chi connectivity index (χ2v) is 6.03. The summed E-state index contributed by atoms with van der Waals surface area (Å²) in [4.78, 5) is 4.29. The maximum atomic E-state index is 6.49. The molecule has 0 amide bonds. The van der Waals surface area contributed by atoms with Crippen LogP contribution in [0.15, 0.2) is 18.5 Å². The third kappa shape index (κ3) is 3.95. The van der Waals surface area contributed by atoms with E-state index in [2.05, 4.69) is 24.9 Å². The van der Waals surface area contributed by atoms with Crippen LogP contribution in [-0.2, 0) is 0 Å². The zero-order chi connectivity index (χ0) is 14.4. The number of hydrogen-bond acceptors (Lipinski definition) is 3. The molecule has 0 radical (unpaired) electrons. The molecule has 1 fully saturated rings. The molecular weight excluding hydrogens is 248 g/mol. The summed E-state index contributed by atoms with van der Waals surface area (Å²) >= 11 is 0. The van der Waals surface area contributed by atoms with Crippen LogP contribution in [0.2, 0.25) is 0 Å². The fourth-order valence-corrected chi connectivity index (χ4v) is 3.22. The third-order valence-corrected chi connectivity index (χ3v) is 4.50. The molecule has 112 valence electrons. The lowest BCUT2D eigenvalue weighted by molar-refractivity contribution is 0.230. The monoisotopic (exact) mass is 276 g/mol. The van der Waals surface area contributed by atoms with Gasteiger partial charge in [-0.25, -0.2) is 0 Å². The standard InChI is InChI=1S/C17H28N2O/c1-3-8-20-16-10-15(11-19-12-16)17(18)14-7-5-6-13(4-2)9-14/h10-14,17H,3-9,18H2,1-2H3. The van der Waals surface area contributed by atoms with Crippen LogP contribution < -0.4 is 10.5 Å². The fraction of sp³-hybridized carbons (Fsp3) is 0.706. The SMILES string of the molecule is CCCOc1cncc(C(N)C2CCCC(CC)C2)c1. The summed E-state index contributed by atoms with van der Waals surface area (Å²) < 4.78 is 5.66. The van der Waals surface area contributed by atoms with E-state index in [1.165, 1.54) is 32.1 Å². The molecule has 3 atom stereocenters. The molecule has 1 aliphatic rings. The molecule has 1 aromatic heterocycles. The predicted octanol–water partition coefficient (Wildman–Crippen LogP) is 4.09. The summed E-state index contributed by atoms with van der Waals surface area (Å²) in [6.45, 7) is 5.14. The number of nitrogens with two attached hydrogens (primary N) is 1. The second kappa shape index (κ2) is 7.63. The Balaban J connectivity index is 2.02. The van der Waals surface area contributed by atoms with Gasteiger partial charge >= 0.3 is 0 Å². The van der Waals surface area contributed by atoms with E-state index >= 15 is 0 Å². The molecule has 20 heavy (non-hydrogen) atoms. The van der Waals surface area contributed by atoms with Gasteiger partial charge in [-0.05, 0) is 42.7 Å². The van der Waals surface area contributed by atoms with Crippen LogP contribution in [0.5, 0.6) is 5.75 Å². The lowest BCUT2D eigenvalue weighted by Crippen LogP contribution is -2.27. The normalized spacial score (nSPS) is 24.4. The van der Waals surface area contributed by atoms with Crippen molar-refractivity contribution < 1.29 is 4.74 Å². The van der Waals surface area contributed by atoms with Crippen molar-refractivity contribution in [2.75, 3.05) is 6.61 Å². The van der Waals surface area contributed by atoms with E-state index < -0.39 is 0 Å². The Labute approximate surface area is 122 Å². The molecule has 0 bridgehead atoms. The van der Waals surface area contributed by atoms with Crippen molar-refractivity contribution >= 4 is 0 Å². The minimum Gasteiger partial charge on any atom is -0.492 e. The maximum absolute atomic E-state index is 6.49. The molecule has 1 heterocycles. The molecule has 3 nitrogen and oxygen atoms in total. The minimum atomic E-state index is 0.0991. The Morgan fingerprint density at radius 1 is 1.35 bits per heavy atom. The Hall–Kier alpha value is -1.09. The fourth-order valence-electron chi connectivity index (χ4n) is 3.22. The topological polar surface area (TPSA) is 48.1 Å². The van der Waals surface area contributed by atoms with E-state index in [4.69, 9.17) is 10.5 Å². The molecule has 2 rings (SSSR count). The van der Waals surface area contributed by atoms with E-state index in [1.807, 2.05) is 6.20 Å². The summed E-state index contributed by atoms with van der Waals surface area (Å²) in [5, 5.41) is 0. The van der Waals surface area contributed by atoms with Crippen molar-refractivity contribution in [1.82, 2.24) is 4.98 Å². The maximum Gasteiger partial charge on any atom is 0.137 e. The highest BCUT2D eigenvalue weighted by atomic mass is 16.5. The number of aromatic nitrogens is 1. The smallest absolute Gasteiger partial charge is 0.137 e. The van der Waals surface area contributed by atoms with Gasteiger partial charge in [0.05, 0.1) is 12.8 Å². The highest BCUT2D eigenvalue weighted by Gasteiger charge is 2.26. The van der Waals surface area contributed by atoms with Crippen molar-refractivity contribution in [2.24, 2.45) is 17.6 Å². The number of ether oxygens (including phenoxy) is 1. The molecule has 1 aliphatic carbocycles. The number of rotatable bonds is 6. The average Bonchev–Trinajstić information content (AvgIpc) is 2.52. The lowest BCUT2D eigenvalue weighted by Gasteiger charge is -2.32. The minimum absolute atomic E-state index is 0.0991. The van der Waals surface area contributed by atoms with Gasteiger partial charge in [0.25, 0.3) is 0 Å². The lowest BCUT2D eigenvalue weighted by atomic mass is 9.75. The van der Waals surface area contributed by atoms with Crippen LogP contribution in [0.1, 0.15) is 64.0 Å². The zero-order valence-electron chi connectivity index (χ0n) is 12.8. The molecule has 0 saturated heterocycles. The average molecular weight is 276 g/mol. The molecule has 1 saturated carbocycles.